The number of aromatic amines is 1. The summed E-state index contributed by atoms with van der Waals surface area (Å²) in [7, 11) is 0. The second-order valence-corrected chi connectivity index (χ2v) is 7.86. The van der Waals surface area contributed by atoms with Crippen LogP contribution in [-0.2, 0) is 6.42 Å². The zero-order chi connectivity index (χ0) is 23.7. The molecule has 0 saturated carbocycles. The van der Waals surface area contributed by atoms with Crippen molar-refractivity contribution in [2.75, 3.05) is 5.01 Å². The Morgan fingerprint density at radius 1 is 1.15 bits per heavy atom. The standard InChI is InChI=1S/C22H18Cl2N6O3/c1-3-12-5-4-6-13(7-12)15-10-18(27-28-21(15)31)33-19-16(23)8-14(9-17(19)24)30-22(32)26-11(2)20(25)29-30/h4-10H,2-3H2,1H3,(H2,25,29)(H,26,32)(H,28,31). The molecule has 0 bridgehead atoms. The predicted octanol–water partition coefficient (Wildman–Crippen LogP) is 4.41. The van der Waals surface area contributed by atoms with Gasteiger partial charge in [0.25, 0.3) is 5.56 Å². The van der Waals surface area contributed by atoms with Crippen LogP contribution < -0.4 is 26.4 Å². The van der Waals surface area contributed by atoms with Gasteiger partial charge in [-0.15, -0.1) is 10.2 Å². The maximum absolute atomic E-state index is 12.4. The van der Waals surface area contributed by atoms with Gasteiger partial charge in [0.15, 0.2) is 11.6 Å². The molecule has 1 aliphatic rings. The predicted molar refractivity (Wildman–Crippen MR) is 128 cm³/mol. The Morgan fingerprint density at radius 2 is 1.88 bits per heavy atom. The molecule has 1 aromatic heterocycles. The van der Waals surface area contributed by atoms with Crippen LogP contribution in [0.1, 0.15) is 12.5 Å². The number of anilines is 1. The molecule has 168 valence electrons. The number of nitrogens with one attached hydrogen (secondary N) is 2. The highest BCUT2D eigenvalue weighted by molar-refractivity contribution is 6.37. The summed E-state index contributed by atoms with van der Waals surface area (Å²) in [5, 5.41) is 14.0. The normalized spacial score (nSPS) is 13.5. The number of halogens is 2. The van der Waals surface area contributed by atoms with E-state index in [-0.39, 0.29) is 44.5 Å². The average Bonchev–Trinajstić information content (AvgIpc) is 2.79. The van der Waals surface area contributed by atoms with E-state index in [0.29, 0.717) is 5.56 Å². The van der Waals surface area contributed by atoms with Crippen molar-refractivity contribution in [2.45, 2.75) is 13.3 Å². The first-order chi connectivity index (χ1) is 15.8. The number of rotatable bonds is 5. The maximum atomic E-state index is 12.4. The fourth-order valence-electron chi connectivity index (χ4n) is 3.12. The van der Waals surface area contributed by atoms with E-state index >= 15 is 0 Å². The second kappa shape index (κ2) is 8.97. The third-order valence-corrected chi connectivity index (χ3v) is 5.39. The van der Waals surface area contributed by atoms with E-state index in [1.165, 1.54) is 18.2 Å². The van der Waals surface area contributed by atoms with Crippen LogP contribution in [-0.4, -0.2) is 22.1 Å². The van der Waals surface area contributed by atoms with Gasteiger partial charge in [-0.1, -0.05) is 61.0 Å². The highest BCUT2D eigenvalue weighted by atomic mass is 35.5. The number of aromatic nitrogens is 2. The molecule has 2 heterocycles. The van der Waals surface area contributed by atoms with Crippen LogP contribution in [0.4, 0.5) is 10.5 Å². The van der Waals surface area contributed by atoms with Gasteiger partial charge < -0.3 is 15.8 Å². The molecule has 0 atom stereocenters. The molecule has 0 saturated heterocycles. The van der Waals surface area contributed by atoms with Gasteiger partial charge >= 0.3 is 6.03 Å². The Morgan fingerprint density at radius 3 is 2.58 bits per heavy atom. The van der Waals surface area contributed by atoms with Crippen LogP contribution in [0.25, 0.3) is 11.1 Å². The molecular formula is C22H18Cl2N6O3. The number of hydrogen-bond donors (Lipinski definition) is 3. The topological polar surface area (TPSA) is 126 Å². The van der Waals surface area contributed by atoms with Gasteiger partial charge in [0, 0.05) is 6.07 Å². The fourth-order valence-corrected chi connectivity index (χ4v) is 3.67. The Kier molecular flexibility index (Phi) is 6.08. The van der Waals surface area contributed by atoms with Gasteiger partial charge in [0.1, 0.15) is 0 Å². The SMILES string of the molecule is C=C1NC(=O)N(c2cc(Cl)c(Oc3cc(-c4cccc(CC)c4)c(=O)[nH]n3)c(Cl)c2)N=C1N. The zero-order valence-corrected chi connectivity index (χ0v) is 18.9. The lowest BCUT2D eigenvalue weighted by molar-refractivity contribution is 0.248. The van der Waals surface area contributed by atoms with E-state index in [0.717, 1.165) is 22.6 Å². The van der Waals surface area contributed by atoms with Gasteiger partial charge in [0.2, 0.25) is 5.88 Å². The van der Waals surface area contributed by atoms with Gasteiger partial charge in [-0.05, 0) is 29.7 Å². The highest BCUT2D eigenvalue weighted by Crippen LogP contribution is 2.40. The van der Waals surface area contributed by atoms with Crippen LogP contribution in [0.3, 0.4) is 0 Å². The smallest absolute Gasteiger partial charge is 0.347 e. The summed E-state index contributed by atoms with van der Waals surface area (Å²) in [6.45, 7) is 5.63. The summed E-state index contributed by atoms with van der Waals surface area (Å²) >= 11 is 12.8. The van der Waals surface area contributed by atoms with Crippen LogP contribution in [0.15, 0.2) is 64.6 Å². The molecule has 2 amide bonds. The molecule has 0 aliphatic carbocycles. The van der Waals surface area contributed by atoms with Crippen LogP contribution in [0, 0.1) is 0 Å². The molecule has 2 aromatic carbocycles. The molecule has 9 nitrogen and oxygen atoms in total. The van der Waals surface area contributed by atoms with Gasteiger partial charge in [-0.25, -0.2) is 9.89 Å². The monoisotopic (exact) mass is 484 g/mol. The van der Waals surface area contributed by atoms with Crippen LogP contribution in [0.5, 0.6) is 11.6 Å². The first kappa shape index (κ1) is 22.4. The quantitative estimate of drug-likeness (QED) is 0.494. The number of hydrogen-bond acceptors (Lipinski definition) is 6. The van der Waals surface area contributed by atoms with Crippen molar-refractivity contribution in [3.8, 4) is 22.8 Å². The number of ether oxygens (including phenoxy) is 1. The molecule has 33 heavy (non-hydrogen) atoms. The van der Waals surface area contributed by atoms with E-state index in [1.54, 1.807) is 0 Å². The molecule has 1 aliphatic heterocycles. The molecule has 0 radical (unpaired) electrons. The van der Waals surface area contributed by atoms with Gasteiger partial charge in [-0.2, -0.15) is 5.01 Å². The Balaban J connectivity index is 1.67. The molecule has 4 rings (SSSR count). The van der Waals surface area contributed by atoms with E-state index in [1.807, 2.05) is 31.2 Å². The van der Waals surface area contributed by atoms with Crippen LogP contribution >= 0.6 is 23.2 Å². The number of amidine groups is 1. The number of nitrogens with two attached hydrogens (primary N) is 1. The minimum atomic E-state index is -0.573. The van der Waals surface area contributed by atoms with E-state index < -0.39 is 6.03 Å². The fraction of sp³-hybridized carbons (Fsp3) is 0.0909. The number of aryl methyl sites for hydroxylation is 1. The number of nitrogens with zero attached hydrogens (tertiary/aromatic N) is 3. The maximum Gasteiger partial charge on any atom is 0.347 e. The van der Waals surface area contributed by atoms with Crippen molar-refractivity contribution < 1.29 is 9.53 Å². The number of urea groups is 1. The van der Waals surface area contributed by atoms with Crippen LogP contribution in [0.2, 0.25) is 10.0 Å². The summed E-state index contributed by atoms with van der Waals surface area (Å²) in [6.07, 6.45) is 0.830. The summed E-state index contributed by atoms with van der Waals surface area (Å²) in [5.41, 5.74) is 8.02. The second-order valence-electron chi connectivity index (χ2n) is 7.05. The molecule has 0 unspecified atom stereocenters. The lowest BCUT2D eigenvalue weighted by Crippen LogP contribution is -2.45. The van der Waals surface area contributed by atoms with E-state index in [9.17, 15) is 9.59 Å². The molecular weight excluding hydrogens is 467 g/mol. The number of H-pyrrole nitrogens is 1. The highest BCUT2D eigenvalue weighted by Gasteiger charge is 2.25. The molecule has 0 spiro atoms. The third kappa shape index (κ3) is 4.55. The van der Waals surface area contributed by atoms with Gasteiger partial charge in [-0.3, -0.25) is 4.79 Å². The van der Waals surface area contributed by atoms with Crippen molar-refractivity contribution in [2.24, 2.45) is 10.8 Å². The lowest BCUT2D eigenvalue weighted by Gasteiger charge is -2.24. The number of carbonyl (C=O) groups is 1. The van der Waals surface area contributed by atoms with Crippen molar-refractivity contribution in [1.82, 2.24) is 15.5 Å². The third-order valence-electron chi connectivity index (χ3n) is 4.83. The van der Waals surface area contributed by atoms with Gasteiger partial charge in [0.05, 0.1) is 27.0 Å². The first-order valence-corrected chi connectivity index (χ1v) is 10.5. The first-order valence-electron chi connectivity index (χ1n) is 9.77. The van der Waals surface area contributed by atoms with Crippen molar-refractivity contribution >= 4 is 40.8 Å². The number of carbonyl (C=O) groups excluding carboxylic acids is 1. The summed E-state index contributed by atoms with van der Waals surface area (Å²) in [6, 6.07) is 11.4. The summed E-state index contributed by atoms with van der Waals surface area (Å²) < 4.78 is 5.78. The Bertz CT molecular complexity index is 1350. The lowest BCUT2D eigenvalue weighted by atomic mass is 10.0. The average molecular weight is 485 g/mol. The molecule has 3 aromatic rings. The van der Waals surface area contributed by atoms with E-state index in [2.05, 4.69) is 27.2 Å². The minimum Gasteiger partial charge on any atom is -0.434 e. The number of hydrazone groups is 1. The Hall–Kier alpha value is -3.82. The molecule has 0 fully saturated rings. The summed E-state index contributed by atoms with van der Waals surface area (Å²) in [4.78, 5) is 24.6. The van der Waals surface area contributed by atoms with Crippen molar-refractivity contribution in [3.05, 3.63) is 80.7 Å². The van der Waals surface area contributed by atoms with Crippen molar-refractivity contribution in [1.29, 1.82) is 0 Å². The van der Waals surface area contributed by atoms with Crippen molar-refractivity contribution in [3.63, 3.8) is 0 Å². The van der Waals surface area contributed by atoms with E-state index in [4.69, 9.17) is 33.7 Å². The largest absolute Gasteiger partial charge is 0.434 e. The number of amides is 2. The molecule has 4 N–H and O–H groups in total. The zero-order valence-electron chi connectivity index (χ0n) is 17.4. The minimum absolute atomic E-state index is 0.0410. The number of benzene rings is 2. The molecule has 11 heteroatoms. The summed E-state index contributed by atoms with van der Waals surface area (Å²) in [5.74, 6) is 0.213. The Labute approximate surface area is 198 Å².